The number of aromatic nitrogens is 1. The number of aryl methyl sites for hydroxylation is 1. The Bertz CT molecular complexity index is 552. The van der Waals surface area contributed by atoms with E-state index in [-0.39, 0.29) is 0 Å². The van der Waals surface area contributed by atoms with E-state index in [1.807, 2.05) is 31.2 Å². The molecule has 0 saturated heterocycles. The highest BCUT2D eigenvalue weighted by molar-refractivity contribution is 14.1. The van der Waals surface area contributed by atoms with Gasteiger partial charge < -0.3 is 11.1 Å². The minimum atomic E-state index is 0.718. The van der Waals surface area contributed by atoms with Crippen LogP contribution in [0.1, 0.15) is 11.3 Å². The van der Waals surface area contributed by atoms with E-state index >= 15 is 0 Å². The maximum Gasteiger partial charge on any atom is 0.130 e. The number of rotatable bonds is 2. The number of nitrogens with two attached hydrogens (primary N) is 1. The monoisotopic (exact) mass is 339 g/mol. The fraction of sp³-hybridized carbons (Fsp3) is 0.154. The van der Waals surface area contributed by atoms with Crippen LogP contribution in [0.25, 0.3) is 0 Å². The first kappa shape index (κ1) is 12.2. The normalized spacial score (nSPS) is 10.3. The Morgan fingerprint density at radius 1 is 1.18 bits per heavy atom. The summed E-state index contributed by atoms with van der Waals surface area (Å²) in [6.45, 7) is 4.00. The second-order valence-electron chi connectivity index (χ2n) is 3.91. The summed E-state index contributed by atoms with van der Waals surface area (Å²) in [6, 6.07) is 9.92. The smallest absolute Gasteiger partial charge is 0.130 e. The lowest BCUT2D eigenvalue weighted by atomic mass is 10.2. The molecule has 0 saturated carbocycles. The van der Waals surface area contributed by atoms with Crippen LogP contribution in [0.4, 0.5) is 17.2 Å². The number of hydrogen-bond acceptors (Lipinski definition) is 3. The standard InChI is InChI=1S/C13H14IN3/c1-8-10(14)4-3-5-12(8)17-13-7-6-11(15)9(2)16-13/h3-7H,15H2,1-2H3,(H,16,17). The first-order valence-corrected chi connectivity index (χ1v) is 6.41. The molecule has 0 spiro atoms. The second kappa shape index (κ2) is 4.91. The average Bonchev–Trinajstić information content (AvgIpc) is 2.30. The SMILES string of the molecule is Cc1nc(Nc2cccc(I)c2C)ccc1N. The van der Waals surface area contributed by atoms with Crippen LogP contribution in [0, 0.1) is 17.4 Å². The van der Waals surface area contributed by atoms with Crippen molar-refractivity contribution in [3.05, 3.63) is 45.2 Å². The van der Waals surface area contributed by atoms with Gasteiger partial charge in [0.25, 0.3) is 0 Å². The molecule has 1 aromatic heterocycles. The predicted octanol–water partition coefficient (Wildman–Crippen LogP) is 3.63. The molecular formula is C13H14IN3. The van der Waals surface area contributed by atoms with Gasteiger partial charge in [-0.15, -0.1) is 0 Å². The van der Waals surface area contributed by atoms with Crippen molar-refractivity contribution in [2.45, 2.75) is 13.8 Å². The molecule has 0 aliphatic rings. The third kappa shape index (κ3) is 2.69. The maximum absolute atomic E-state index is 5.74. The van der Waals surface area contributed by atoms with E-state index in [0.29, 0.717) is 0 Å². The molecule has 2 rings (SSSR count). The molecule has 1 aromatic carbocycles. The summed E-state index contributed by atoms with van der Waals surface area (Å²) in [4.78, 5) is 4.40. The molecule has 88 valence electrons. The maximum atomic E-state index is 5.74. The van der Waals surface area contributed by atoms with Crippen molar-refractivity contribution in [3.63, 3.8) is 0 Å². The van der Waals surface area contributed by atoms with Gasteiger partial charge in [-0.2, -0.15) is 0 Å². The molecule has 0 unspecified atom stereocenters. The summed E-state index contributed by atoms with van der Waals surface area (Å²) < 4.78 is 1.24. The van der Waals surface area contributed by atoms with Crippen LogP contribution in [0.15, 0.2) is 30.3 Å². The largest absolute Gasteiger partial charge is 0.397 e. The highest BCUT2D eigenvalue weighted by Crippen LogP contribution is 2.24. The van der Waals surface area contributed by atoms with E-state index in [4.69, 9.17) is 5.73 Å². The van der Waals surface area contributed by atoms with Crippen LogP contribution in [0.2, 0.25) is 0 Å². The number of anilines is 3. The summed E-state index contributed by atoms with van der Waals surface area (Å²) in [7, 11) is 0. The van der Waals surface area contributed by atoms with Crippen LogP contribution < -0.4 is 11.1 Å². The van der Waals surface area contributed by atoms with Crippen LogP contribution in [-0.2, 0) is 0 Å². The summed E-state index contributed by atoms with van der Waals surface area (Å²) in [5.41, 5.74) is 9.61. The third-order valence-corrected chi connectivity index (χ3v) is 3.83. The van der Waals surface area contributed by atoms with Crippen molar-refractivity contribution < 1.29 is 0 Å². The first-order chi connectivity index (χ1) is 8.08. The zero-order valence-corrected chi connectivity index (χ0v) is 11.9. The first-order valence-electron chi connectivity index (χ1n) is 5.33. The molecule has 0 amide bonds. The van der Waals surface area contributed by atoms with Gasteiger partial charge >= 0.3 is 0 Å². The van der Waals surface area contributed by atoms with Crippen LogP contribution >= 0.6 is 22.6 Å². The van der Waals surface area contributed by atoms with Crippen LogP contribution in [0.5, 0.6) is 0 Å². The minimum absolute atomic E-state index is 0.718. The Hall–Kier alpha value is -1.30. The van der Waals surface area contributed by atoms with Gasteiger partial charge in [0.15, 0.2) is 0 Å². The van der Waals surface area contributed by atoms with Crippen LogP contribution in [-0.4, -0.2) is 4.98 Å². The van der Waals surface area contributed by atoms with Gasteiger partial charge in [0.1, 0.15) is 5.82 Å². The molecule has 0 radical (unpaired) electrons. The summed E-state index contributed by atoms with van der Waals surface area (Å²) in [6.07, 6.45) is 0. The second-order valence-corrected chi connectivity index (χ2v) is 5.07. The highest BCUT2D eigenvalue weighted by Gasteiger charge is 2.03. The van der Waals surface area contributed by atoms with E-state index < -0.39 is 0 Å². The Morgan fingerprint density at radius 3 is 2.65 bits per heavy atom. The molecule has 2 aromatic rings. The van der Waals surface area contributed by atoms with Crippen molar-refractivity contribution in [2.24, 2.45) is 0 Å². The van der Waals surface area contributed by atoms with Crippen molar-refractivity contribution in [1.29, 1.82) is 0 Å². The lowest BCUT2D eigenvalue weighted by molar-refractivity contribution is 1.20. The van der Waals surface area contributed by atoms with Crippen molar-refractivity contribution in [1.82, 2.24) is 4.98 Å². The van der Waals surface area contributed by atoms with Crippen LogP contribution in [0.3, 0.4) is 0 Å². The van der Waals surface area contributed by atoms with E-state index in [0.717, 1.165) is 22.9 Å². The van der Waals surface area contributed by atoms with Gasteiger partial charge in [-0.25, -0.2) is 4.98 Å². The molecule has 0 bridgehead atoms. The Balaban J connectivity index is 2.31. The zero-order chi connectivity index (χ0) is 12.4. The Kier molecular flexibility index (Phi) is 3.51. The van der Waals surface area contributed by atoms with E-state index in [9.17, 15) is 0 Å². The zero-order valence-electron chi connectivity index (χ0n) is 9.79. The van der Waals surface area contributed by atoms with Gasteiger partial charge in [0.2, 0.25) is 0 Å². The molecule has 1 heterocycles. The number of hydrogen-bond donors (Lipinski definition) is 2. The number of benzene rings is 1. The number of nitrogens with one attached hydrogen (secondary N) is 1. The Labute approximate surface area is 115 Å². The lowest BCUT2D eigenvalue weighted by Crippen LogP contribution is -2.00. The van der Waals surface area contributed by atoms with Crippen molar-refractivity contribution >= 4 is 39.8 Å². The summed E-state index contributed by atoms with van der Waals surface area (Å²) in [5, 5.41) is 3.31. The van der Waals surface area contributed by atoms with Crippen molar-refractivity contribution in [3.8, 4) is 0 Å². The molecule has 4 heteroatoms. The number of nitrogens with zero attached hydrogens (tertiary/aromatic N) is 1. The van der Waals surface area contributed by atoms with E-state index in [2.05, 4.69) is 45.9 Å². The fourth-order valence-corrected chi connectivity index (χ4v) is 2.02. The predicted molar refractivity (Wildman–Crippen MR) is 80.6 cm³/mol. The van der Waals surface area contributed by atoms with Gasteiger partial charge in [0.05, 0.1) is 11.4 Å². The van der Waals surface area contributed by atoms with E-state index in [1.165, 1.54) is 9.13 Å². The highest BCUT2D eigenvalue weighted by atomic mass is 127. The van der Waals surface area contributed by atoms with E-state index in [1.54, 1.807) is 0 Å². The van der Waals surface area contributed by atoms with Gasteiger partial charge in [-0.1, -0.05) is 6.07 Å². The average molecular weight is 339 g/mol. The van der Waals surface area contributed by atoms with Gasteiger partial charge in [-0.05, 0) is 66.3 Å². The summed E-state index contributed by atoms with van der Waals surface area (Å²) >= 11 is 2.32. The number of pyridine rings is 1. The number of halogens is 1. The summed E-state index contributed by atoms with van der Waals surface area (Å²) in [5.74, 6) is 0.821. The molecule has 17 heavy (non-hydrogen) atoms. The molecule has 0 atom stereocenters. The quantitative estimate of drug-likeness (QED) is 0.822. The molecule has 3 nitrogen and oxygen atoms in total. The van der Waals surface area contributed by atoms with Crippen molar-refractivity contribution in [2.75, 3.05) is 11.1 Å². The Morgan fingerprint density at radius 2 is 1.94 bits per heavy atom. The lowest BCUT2D eigenvalue weighted by Gasteiger charge is -2.11. The molecular weight excluding hydrogens is 325 g/mol. The molecule has 3 N–H and O–H groups in total. The van der Waals surface area contributed by atoms with Gasteiger partial charge in [-0.3, -0.25) is 0 Å². The molecule has 0 aliphatic carbocycles. The number of nitrogen functional groups attached to an aromatic ring is 1. The topological polar surface area (TPSA) is 50.9 Å². The minimum Gasteiger partial charge on any atom is -0.397 e. The fourth-order valence-electron chi connectivity index (χ4n) is 1.52. The van der Waals surface area contributed by atoms with Gasteiger partial charge in [0, 0.05) is 9.26 Å². The third-order valence-electron chi connectivity index (χ3n) is 2.66. The molecule has 0 fully saturated rings. The molecule has 0 aliphatic heterocycles.